The Hall–Kier alpha value is 0.283. The first kappa shape index (κ1) is 9.37. The van der Waals surface area contributed by atoms with Crippen LogP contribution in [-0.4, -0.2) is 0 Å². The maximum atomic E-state index is 2.23. The summed E-state index contributed by atoms with van der Waals surface area (Å²) in [6.45, 7) is 0. The van der Waals surface area contributed by atoms with Gasteiger partial charge in [0.15, 0.2) is 0 Å². The minimum atomic E-state index is 0. The van der Waals surface area contributed by atoms with Crippen molar-refractivity contribution in [2.24, 2.45) is 0 Å². The van der Waals surface area contributed by atoms with Crippen molar-refractivity contribution >= 4 is 25.6 Å². The molecule has 0 spiro atoms. The Morgan fingerprint density at radius 1 is 1.18 bits per heavy atom. The molecular weight excluding hydrogens is 273 g/mol. The van der Waals surface area contributed by atoms with Gasteiger partial charge in [0.1, 0.15) is 0 Å². The van der Waals surface area contributed by atoms with Gasteiger partial charge in [0.05, 0.1) is 0 Å². The molecule has 0 unspecified atom stereocenters. The summed E-state index contributed by atoms with van der Waals surface area (Å²) in [7, 11) is 0. The van der Waals surface area contributed by atoms with Crippen molar-refractivity contribution < 1.29 is 35.3 Å². The molecule has 0 amide bonds. The first-order valence-corrected chi connectivity index (χ1v) is 5.52. The number of rotatable bonds is 0. The van der Waals surface area contributed by atoms with Crippen LogP contribution in [0, 0.1) is 0 Å². The molecule has 1 heterocycles. The molecular formula is C8H5BrSZn. The van der Waals surface area contributed by atoms with Gasteiger partial charge in [-0.1, -0.05) is 0 Å². The summed E-state index contributed by atoms with van der Waals surface area (Å²) in [4.78, 5) is 0. The van der Waals surface area contributed by atoms with E-state index in [9.17, 15) is 0 Å². The Morgan fingerprint density at radius 2 is 1.91 bits per heavy atom. The van der Waals surface area contributed by atoms with Crippen molar-refractivity contribution in [1.82, 2.24) is 0 Å². The van der Waals surface area contributed by atoms with Crippen molar-refractivity contribution in [2.45, 2.75) is 0 Å². The molecule has 2 rings (SSSR count). The number of halogens is 1. The molecule has 0 bridgehead atoms. The zero-order chi connectivity index (χ0) is 6.97. The third-order valence-electron chi connectivity index (χ3n) is 1.59. The number of fused-ring (bicyclic) bond motifs is 1. The standard InChI is InChI=1S/C8H5S.BrH.Zn/c1-2-4-8-6-9-5-7(8)3-1;;/h1-5H;1H;/q;;+1/p-1. The van der Waals surface area contributed by atoms with Crippen LogP contribution in [-0.2, 0) is 18.3 Å². The summed E-state index contributed by atoms with van der Waals surface area (Å²) < 4.78 is 1.54. The van der Waals surface area contributed by atoms with E-state index in [0.717, 1.165) is 0 Å². The Morgan fingerprint density at radius 3 is 2.64 bits per heavy atom. The van der Waals surface area contributed by atoms with Crippen LogP contribution in [0.3, 0.4) is 0 Å². The molecule has 0 saturated heterocycles. The molecule has 3 heteroatoms. The second-order valence-electron chi connectivity index (χ2n) is 2.25. The van der Waals surface area contributed by atoms with E-state index in [-0.39, 0.29) is 17.0 Å². The molecule has 1 aromatic carbocycles. The Bertz CT molecular complexity index is 356. The van der Waals surface area contributed by atoms with Gasteiger partial charge in [-0.3, -0.25) is 0 Å². The molecule has 2 aromatic rings. The molecule has 0 radical (unpaired) electrons. The summed E-state index contributed by atoms with van der Waals surface area (Å²) in [5.41, 5.74) is 0. The predicted octanol–water partition coefficient (Wildman–Crippen LogP) is -0.923. The third kappa shape index (κ3) is 1.72. The van der Waals surface area contributed by atoms with Crippen molar-refractivity contribution in [3.05, 3.63) is 29.6 Å². The Kier molecular flexibility index (Phi) is 3.23. The van der Waals surface area contributed by atoms with Gasteiger partial charge in [0.25, 0.3) is 0 Å². The van der Waals surface area contributed by atoms with E-state index < -0.39 is 0 Å². The second-order valence-corrected chi connectivity index (χ2v) is 5.77. The number of hydrogen-bond acceptors (Lipinski definition) is 1. The summed E-state index contributed by atoms with van der Waals surface area (Å²) in [5, 5.41) is 5.08. The summed E-state index contributed by atoms with van der Waals surface area (Å²) in [6.07, 6.45) is 0. The van der Waals surface area contributed by atoms with E-state index in [0.29, 0.717) is 0 Å². The number of hydrogen-bond donors (Lipinski definition) is 0. The van der Waals surface area contributed by atoms with Crippen molar-refractivity contribution in [1.29, 1.82) is 0 Å². The normalized spacial score (nSPS) is 9.64. The fourth-order valence-electron chi connectivity index (χ4n) is 1.05. The molecule has 0 aliphatic rings. The fourth-order valence-corrected chi connectivity index (χ4v) is 3.04. The van der Waals surface area contributed by atoms with Crippen LogP contribution >= 0.6 is 11.3 Å². The van der Waals surface area contributed by atoms with Crippen LogP contribution in [0.4, 0.5) is 0 Å². The first-order valence-electron chi connectivity index (χ1n) is 3.16. The first-order chi connectivity index (χ1) is 4.88. The van der Waals surface area contributed by atoms with Crippen molar-refractivity contribution in [3.8, 4) is 0 Å². The molecule has 11 heavy (non-hydrogen) atoms. The van der Waals surface area contributed by atoms with Gasteiger partial charge in [-0.25, -0.2) is 0 Å². The zero-order valence-electron chi connectivity index (χ0n) is 5.88. The SMILES string of the molecule is [Br-].[Zn+][c]1scc2ccccc12. The van der Waals surface area contributed by atoms with Crippen LogP contribution in [0.1, 0.15) is 0 Å². The van der Waals surface area contributed by atoms with Gasteiger partial charge in [0, 0.05) is 0 Å². The quantitative estimate of drug-likeness (QED) is 0.547. The molecule has 0 nitrogen and oxygen atoms in total. The topological polar surface area (TPSA) is 0 Å². The van der Waals surface area contributed by atoms with Gasteiger partial charge in [0.2, 0.25) is 0 Å². The zero-order valence-corrected chi connectivity index (χ0v) is 11.2. The molecule has 0 aliphatic heterocycles. The predicted molar refractivity (Wildman–Crippen MR) is 41.5 cm³/mol. The number of thiophene rings is 1. The van der Waals surface area contributed by atoms with Gasteiger partial charge < -0.3 is 17.0 Å². The fraction of sp³-hybridized carbons (Fsp3) is 0. The van der Waals surface area contributed by atoms with E-state index in [2.05, 4.69) is 29.6 Å². The van der Waals surface area contributed by atoms with Crippen LogP contribution in [0.2, 0.25) is 0 Å². The molecule has 52 valence electrons. The number of benzene rings is 1. The molecule has 0 N–H and O–H groups in total. The Labute approximate surface area is 90.1 Å². The summed E-state index contributed by atoms with van der Waals surface area (Å²) in [6, 6.07) is 8.57. The van der Waals surface area contributed by atoms with Gasteiger partial charge in [-0.05, 0) is 0 Å². The van der Waals surface area contributed by atoms with E-state index in [1.807, 2.05) is 11.3 Å². The molecule has 1 aromatic heterocycles. The molecule has 0 fully saturated rings. The van der Waals surface area contributed by atoms with E-state index in [4.69, 9.17) is 0 Å². The Balaban J connectivity index is 0.000000605. The van der Waals surface area contributed by atoms with E-state index in [1.165, 1.54) is 32.5 Å². The van der Waals surface area contributed by atoms with Crippen LogP contribution in [0.15, 0.2) is 29.6 Å². The molecule has 0 saturated carbocycles. The average molecular weight is 278 g/mol. The van der Waals surface area contributed by atoms with E-state index >= 15 is 0 Å². The average Bonchev–Trinajstić information content (AvgIpc) is 2.34. The second kappa shape index (κ2) is 3.79. The van der Waals surface area contributed by atoms with Crippen molar-refractivity contribution in [2.75, 3.05) is 0 Å². The minimum absolute atomic E-state index is 0. The van der Waals surface area contributed by atoms with Gasteiger partial charge in [-0.2, -0.15) is 0 Å². The van der Waals surface area contributed by atoms with Crippen LogP contribution < -0.4 is 20.5 Å². The molecule has 0 atom stereocenters. The monoisotopic (exact) mass is 276 g/mol. The summed E-state index contributed by atoms with van der Waals surface area (Å²) in [5.74, 6) is 0. The van der Waals surface area contributed by atoms with Gasteiger partial charge in [-0.15, -0.1) is 0 Å². The maximum absolute atomic E-state index is 2.23. The van der Waals surface area contributed by atoms with Crippen molar-refractivity contribution in [3.63, 3.8) is 0 Å². The molecule has 0 aliphatic carbocycles. The summed E-state index contributed by atoms with van der Waals surface area (Å²) >= 11 is 3.15. The van der Waals surface area contributed by atoms with Crippen LogP contribution in [0.5, 0.6) is 0 Å². The third-order valence-corrected chi connectivity index (χ3v) is 4.31. The van der Waals surface area contributed by atoms with E-state index in [1.54, 1.807) is 0 Å². The van der Waals surface area contributed by atoms with Crippen LogP contribution in [0.25, 0.3) is 10.8 Å². The van der Waals surface area contributed by atoms with Gasteiger partial charge >= 0.3 is 73.5 Å².